The van der Waals surface area contributed by atoms with E-state index < -0.39 is 15.8 Å². The molecule has 2 heterocycles. The maximum atomic E-state index is 12.8. The van der Waals surface area contributed by atoms with Crippen LogP contribution in [0.1, 0.15) is 20.3 Å². The summed E-state index contributed by atoms with van der Waals surface area (Å²) in [6, 6.07) is 0. The summed E-state index contributed by atoms with van der Waals surface area (Å²) >= 11 is 0. The Morgan fingerprint density at radius 1 is 1.17 bits per heavy atom. The van der Waals surface area contributed by atoms with Gasteiger partial charge in [-0.3, -0.25) is 4.79 Å². The van der Waals surface area contributed by atoms with Crippen molar-refractivity contribution in [3.63, 3.8) is 0 Å². The maximum Gasteiger partial charge on any atom is 0.282 e. The lowest BCUT2D eigenvalue weighted by Crippen LogP contribution is -2.54. The second kappa shape index (κ2) is 6.88. The zero-order chi connectivity index (χ0) is 17.3. The average molecular weight is 345 g/mol. The van der Waals surface area contributed by atoms with Gasteiger partial charge in [-0.15, -0.1) is 0 Å². The van der Waals surface area contributed by atoms with Gasteiger partial charge in [-0.05, 0) is 18.4 Å². The topological polar surface area (TPSA) is 70.2 Å². The molecule has 0 spiro atoms. The first-order valence-corrected chi connectivity index (χ1v) is 9.38. The molecule has 7 nitrogen and oxygen atoms in total. The van der Waals surface area contributed by atoms with Gasteiger partial charge in [-0.25, -0.2) is 0 Å². The fraction of sp³-hybridized carbons (Fsp3) is 0.800. The van der Waals surface area contributed by atoms with Crippen LogP contribution in [0.25, 0.3) is 0 Å². The number of carbonyl (C=O) groups excluding carboxylic acids is 1. The summed E-state index contributed by atoms with van der Waals surface area (Å²) < 4.78 is 34.3. The molecule has 132 valence electrons. The first-order chi connectivity index (χ1) is 10.8. The van der Waals surface area contributed by atoms with Crippen LogP contribution in [0, 0.1) is 5.92 Å². The molecule has 0 saturated carbocycles. The van der Waals surface area contributed by atoms with Gasteiger partial charge in [0, 0.05) is 46.4 Å². The van der Waals surface area contributed by atoms with Gasteiger partial charge in [0.15, 0.2) is 0 Å². The Kier molecular flexibility index (Phi) is 5.50. The van der Waals surface area contributed by atoms with E-state index in [1.54, 1.807) is 12.0 Å². The summed E-state index contributed by atoms with van der Waals surface area (Å²) in [5.41, 5.74) is -0.409. The first-order valence-electron chi connectivity index (χ1n) is 7.98. The molecule has 0 aromatic heterocycles. The molecule has 0 aliphatic carbocycles. The van der Waals surface area contributed by atoms with E-state index in [0.717, 1.165) is 0 Å². The van der Waals surface area contributed by atoms with Crippen LogP contribution in [-0.4, -0.2) is 79.8 Å². The Morgan fingerprint density at radius 2 is 1.78 bits per heavy atom. The lowest BCUT2D eigenvalue weighted by molar-refractivity contribution is -0.127. The largest absolute Gasteiger partial charge is 0.377 e. The van der Waals surface area contributed by atoms with Gasteiger partial charge < -0.3 is 9.64 Å². The Balaban J connectivity index is 2.04. The highest BCUT2D eigenvalue weighted by Gasteiger charge is 2.46. The van der Waals surface area contributed by atoms with Gasteiger partial charge >= 0.3 is 0 Å². The molecule has 2 saturated heterocycles. The van der Waals surface area contributed by atoms with Gasteiger partial charge in [0.1, 0.15) is 0 Å². The third-order valence-electron chi connectivity index (χ3n) is 5.06. The summed E-state index contributed by atoms with van der Waals surface area (Å²) in [4.78, 5) is 13.2. The Labute approximate surface area is 139 Å². The van der Waals surface area contributed by atoms with E-state index in [1.165, 1.54) is 14.7 Å². The quantitative estimate of drug-likeness (QED) is 0.673. The number of hydrogen-bond acceptors (Lipinski definition) is 4. The van der Waals surface area contributed by atoms with E-state index in [4.69, 9.17) is 4.74 Å². The van der Waals surface area contributed by atoms with E-state index in [1.807, 2.05) is 0 Å². The minimum atomic E-state index is -3.51. The molecule has 2 rings (SSSR count). The van der Waals surface area contributed by atoms with E-state index in [2.05, 4.69) is 20.4 Å². The molecular formula is C15H27N3O4S. The van der Waals surface area contributed by atoms with Crippen LogP contribution in [0.4, 0.5) is 0 Å². The monoisotopic (exact) mass is 345 g/mol. The maximum absolute atomic E-state index is 12.8. The number of hydrogen-bond donors (Lipinski definition) is 0. The summed E-state index contributed by atoms with van der Waals surface area (Å²) in [6.45, 7) is 9.87. The highest BCUT2D eigenvalue weighted by atomic mass is 32.2. The first kappa shape index (κ1) is 18.4. The lowest BCUT2D eigenvalue weighted by atomic mass is 9.89. The summed E-state index contributed by atoms with van der Waals surface area (Å²) in [5.74, 6) is 0.0937. The predicted molar refractivity (Wildman–Crippen MR) is 88.0 cm³/mol. The lowest BCUT2D eigenvalue weighted by Gasteiger charge is -2.36. The smallest absolute Gasteiger partial charge is 0.282 e. The second-order valence-electron chi connectivity index (χ2n) is 6.44. The van der Waals surface area contributed by atoms with Crippen molar-refractivity contribution in [1.82, 2.24) is 13.5 Å². The van der Waals surface area contributed by atoms with Crippen molar-refractivity contribution in [2.75, 3.05) is 46.4 Å². The molecule has 1 amide bonds. The zero-order valence-corrected chi connectivity index (χ0v) is 15.0. The van der Waals surface area contributed by atoms with Crippen molar-refractivity contribution in [2.45, 2.75) is 25.9 Å². The Morgan fingerprint density at radius 3 is 2.22 bits per heavy atom. The zero-order valence-electron chi connectivity index (χ0n) is 14.2. The summed E-state index contributed by atoms with van der Waals surface area (Å²) in [7, 11) is -1.86. The fourth-order valence-corrected chi connectivity index (χ4v) is 4.93. The fourth-order valence-electron chi connectivity index (χ4n) is 3.27. The van der Waals surface area contributed by atoms with Crippen molar-refractivity contribution in [3.05, 3.63) is 12.7 Å². The van der Waals surface area contributed by atoms with Crippen LogP contribution in [0.3, 0.4) is 0 Å². The number of nitrogens with zero attached hydrogens (tertiary/aromatic N) is 3. The Bertz CT molecular complexity index is 555. The van der Waals surface area contributed by atoms with E-state index in [9.17, 15) is 13.2 Å². The van der Waals surface area contributed by atoms with E-state index in [0.29, 0.717) is 45.7 Å². The van der Waals surface area contributed by atoms with Gasteiger partial charge in [0.25, 0.3) is 10.2 Å². The van der Waals surface area contributed by atoms with Gasteiger partial charge in [0.05, 0.1) is 5.60 Å². The molecule has 0 aromatic rings. The van der Waals surface area contributed by atoms with E-state index in [-0.39, 0.29) is 11.8 Å². The van der Waals surface area contributed by atoms with Crippen molar-refractivity contribution >= 4 is 16.1 Å². The van der Waals surface area contributed by atoms with Crippen LogP contribution in [-0.2, 0) is 19.7 Å². The molecule has 0 radical (unpaired) electrons. The van der Waals surface area contributed by atoms with Crippen LogP contribution >= 0.6 is 0 Å². The molecule has 2 aliphatic heterocycles. The molecule has 1 atom stereocenters. The Hall–Kier alpha value is -0.960. The SMILES string of the molecule is C=CC(=O)N1CCN(S(=O)(=O)N2CCC(OC)(C(C)C)C2)CC1. The summed E-state index contributed by atoms with van der Waals surface area (Å²) in [6.07, 6.45) is 1.97. The van der Waals surface area contributed by atoms with Gasteiger partial charge in [-0.1, -0.05) is 20.4 Å². The molecule has 2 aliphatic rings. The number of carbonyl (C=O) groups is 1. The number of rotatable bonds is 5. The molecule has 8 heteroatoms. The number of ether oxygens (including phenoxy) is 1. The van der Waals surface area contributed by atoms with Crippen LogP contribution in [0.5, 0.6) is 0 Å². The molecule has 0 N–H and O–H groups in total. The van der Waals surface area contributed by atoms with Crippen molar-refractivity contribution in [1.29, 1.82) is 0 Å². The second-order valence-corrected chi connectivity index (χ2v) is 8.37. The molecule has 23 heavy (non-hydrogen) atoms. The number of piperazine rings is 1. The highest BCUT2D eigenvalue weighted by molar-refractivity contribution is 7.86. The third kappa shape index (κ3) is 3.45. The standard InChI is InChI=1S/C15H27N3O4S/c1-5-14(19)16-8-10-17(11-9-16)23(20,21)18-7-6-15(12-18,22-4)13(2)3/h5,13H,1,6-12H2,2-4H3. The normalized spacial score (nSPS) is 27.6. The minimum absolute atomic E-state index is 0.151. The van der Waals surface area contributed by atoms with Gasteiger partial charge in [0.2, 0.25) is 5.91 Å². The van der Waals surface area contributed by atoms with Crippen molar-refractivity contribution in [2.24, 2.45) is 5.92 Å². The molecule has 1 unspecified atom stereocenters. The van der Waals surface area contributed by atoms with Crippen molar-refractivity contribution < 1.29 is 17.9 Å². The number of methoxy groups -OCH3 is 1. The molecule has 0 aromatic carbocycles. The molecule has 0 bridgehead atoms. The number of amides is 1. The predicted octanol–water partition coefficient (Wildman–Crippen LogP) is 0.308. The summed E-state index contributed by atoms with van der Waals surface area (Å²) in [5, 5.41) is 0. The van der Waals surface area contributed by atoms with Crippen LogP contribution in [0.2, 0.25) is 0 Å². The minimum Gasteiger partial charge on any atom is -0.377 e. The van der Waals surface area contributed by atoms with E-state index >= 15 is 0 Å². The highest BCUT2D eigenvalue weighted by Crippen LogP contribution is 2.34. The molecular weight excluding hydrogens is 318 g/mol. The van der Waals surface area contributed by atoms with Crippen LogP contribution in [0.15, 0.2) is 12.7 Å². The third-order valence-corrected chi connectivity index (χ3v) is 7.05. The van der Waals surface area contributed by atoms with Crippen LogP contribution < -0.4 is 0 Å². The molecule has 2 fully saturated rings. The average Bonchev–Trinajstić information content (AvgIpc) is 3.01. The van der Waals surface area contributed by atoms with Crippen molar-refractivity contribution in [3.8, 4) is 0 Å². The van der Waals surface area contributed by atoms with Gasteiger partial charge in [-0.2, -0.15) is 17.0 Å².